The lowest BCUT2D eigenvalue weighted by atomic mass is 10.1. The molecule has 1 atom stereocenters. The standard InChI is InChI=1S/C22H27ClIN3O4S/c1-4-20(22(29)25-5-2)26(14-16-6-8-17(23)9-7-16)21(28)15-27(32(3,30)31)19-12-10-18(24)11-13-19/h6-13,20H,4-5,14-15H2,1-3H3,(H,25,29)/t20-/m0/s1. The van der Waals surface area contributed by atoms with Gasteiger partial charge in [-0.2, -0.15) is 0 Å². The van der Waals surface area contributed by atoms with Gasteiger partial charge in [0.1, 0.15) is 12.6 Å². The number of carbonyl (C=O) groups is 2. The third-order valence-electron chi connectivity index (χ3n) is 4.80. The van der Waals surface area contributed by atoms with E-state index in [2.05, 4.69) is 27.9 Å². The number of likely N-dealkylation sites (N-methyl/N-ethyl adjacent to an activating group) is 1. The van der Waals surface area contributed by atoms with Crippen LogP contribution < -0.4 is 9.62 Å². The molecule has 1 N–H and O–H groups in total. The van der Waals surface area contributed by atoms with E-state index in [0.29, 0.717) is 23.7 Å². The summed E-state index contributed by atoms with van der Waals surface area (Å²) in [6.07, 6.45) is 1.44. The number of benzene rings is 2. The lowest BCUT2D eigenvalue weighted by Gasteiger charge is -2.32. The lowest BCUT2D eigenvalue weighted by Crippen LogP contribution is -2.52. The number of nitrogens with zero attached hydrogens (tertiary/aromatic N) is 2. The molecule has 0 aromatic heterocycles. The van der Waals surface area contributed by atoms with Crippen molar-refractivity contribution in [3.05, 3.63) is 62.7 Å². The number of nitrogens with one attached hydrogen (secondary N) is 1. The van der Waals surface area contributed by atoms with Crippen LogP contribution in [0.3, 0.4) is 0 Å². The van der Waals surface area contributed by atoms with Crippen LogP contribution in [0.2, 0.25) is 5.02 Å². The predicted molar refractivity (Wildman–Crippen MR) is 136 cm³/mol. The Balaban J connectivity index is 2.40. The largest absolute Gasteiger partial charge is 0.355 e. The van der Waals surface area contributed by atoms with Gasteiger partial charge in [-0.05, 0) is 77.9 Å². The molecule has 2 rings (SSSR count). The maximum Gasteiger partial charge on any atom is 0.244 e. The van der Waals surface area contributed by atoms with Crippen LogP contribution in [0.1, 0.15) is 25.8 Å². The van der Waals surface area contributed by atoms with E-state index in [4.69, 9.17) is 11.6 Å². The Morgan fingerprint density at radius 3 is 2.16 bits per heavy atom. The van der Waals surface area contributed by atoms with Gasteiger partial charge in [0.05, 0.1) is 11.9 Å². The van der Waals surface area contributed by atoms with Crippen molar-refractivity contribution in [3.8, 4) is 0 Å². The van der Waals surface area contributed by atoms with Gasteiger partial charge in [-0.25, -0.2) is 8.42 Å². The zero-order valence-electron chi connectivity index (χ0n) is 18.2. The molecule has 10 heteroatoms. The minimum Gasteiger partial charge on any atom is -0.355 e. The molecule has 174 valence electrons. The summed E-state index contributed by atoms with van der Waals surface area (Å²) >= 11 is 8.09. The normalized spacial score (nSPS) is 12.2. The Labute approximate surface area is 208 Å². The van der Waals surface area contributed by atoms with Crippen LogP contribution >= 0.6 is 34.2 Å². The average Bonchev–Trinajstić information content (AvgIpc) is 2.73. The smallest absolute Gasteiger partial charge is 0.244 e. The molecule has 0 bridgehead atoms. The molecule has 0 radical (unpaired) electrons. The summed E-state index contributed by atoms with van der Waals surface area (Å²) in [7, 11) is -3.74. The summed E-state index contributed by atoms with van der Waals surface area (Å²) < 4.78 is 27.0. The number of hydrogen-bond acceptors (Lipinski definition) is 4. The molecule has 0 saturated carbocycles. The lowest BCUT2D eigenvalue weighted by molar-refractivity contribution is -0.140. The first-order valence-corrected chi connectivity index (χ1v) is 13.4. The van der Waals surface area contributed by atoms with Crippen molar-refractivity contribution in [2.75, 3.05) is 23.7 Å². The van der Waals surface area contributed by atoms with Crippen molar-refractivity contribution in [2.45, 2.75) is 32.9 Å². The van der Waals surface area contributed by atoms with Crippen LogP contribution in [0.25, 0.3) is 0 Å². The van der Waals surface area contributed by atoms with Gasteiger partial charge in [0.25, 0.3) is 0 Å². The van der Waals surface area contributed by atoms with E-state index in [1.165, 1.54) is 4.90 Å². The van der Waals surface area contributed by atoms with Gasteiger partial charge in [0, 0.05) is 21.7 Å². The summed E-state index contributed by atoms with van der Waals surface area (Å²) in [4.78, 5) is 27.6. The zero-order valence-corrected chi connectivity index (χ0v) is 21.9. The fraction of sp³-hybridized carbons (Fsp3) is 0.364. The number of halogens is 2. The number of rotatable bonds is 10. The Bertz CT molecular complexity index is 1030. The van der Waals surface area contributed by atoms with E-state index >= 15 is 0 Å². The second-order valence-electron chi connectivity index (χ2n) is 7.21. The summed E-state index contributed by atoms with van der Waals surface area (Å²) in [5.74, 6) is -0.750. The fourth-order valence-corrected chi connectivity index (χ4v) is 4.55. The van der Waals surface area contributed by atoms with E-state index in [1.54, 1.807) is 55.5 Å². The van der Waals surface area contributed by atoms with E-state index in [1.807, 2.05) is 6.92 Å². The van der Waals surface area contributed by atoms with Gasteiger partial charge in [-0.15, -0.1) is 0 Å². The van der Waals surface area contributed by atoms with Crippen molar-refractivity contribution in [3.63, 3.8) is 0 Å². The van der Waals surface area contributed by atoms with Crippen LogP contribution in [-0.2, 0) is 26.2 Å². The second-order valence-corrected chi connectivity index (χ2v) is 10.8. The minimum absolute atomic E-state index is 0.149. The first-order chi connectivity index (χ1) is 15.1. The molecule has 0 aliphatic carbocycles. The molecule has 0 aliphatic rings. The van der Waals surface area contributed by atoms with Crippen LogP contribution in [-0.4, -0.2) is 50.5 Å². The summed E-state index contributed by atoms with van der Waals surface area (Å²) in [6.45, 7) is 3.78. The Morgan fingerprint density at radius 1 is 1.06 bits per heavy atom. The third-order valence-corrected chi connectivity index (χ3v) is 6.91. The fourth-order valence-electron chi connectivity index (χ4n) is 3.22. The van der Waals surface area contributed by atoms with Crippen molar-refractivity contribution in [1.82, 2.24) is 10.2 Å². The summed E-state index contributed by atoms with van der Waals surface area (Å²) in [6, 6.07) is 13.1. The molecule has 0 aliphatic heterocycles. The van der Waals surface area contributed by atoms with Gasteiger partial charge in [0.15, 0.2) is 0 Å². The van der Waals surface area contributed by atoms with E-state index in [9.17, 15) is 18.0 Å². The van der Waals surface area contributed by atoms with E-state index < -0.39 is 28.5 Å². The van der Waals surface area contributed by atoms with Gasteiger partial charge in [0.2, 0.25) is 21.8 Å². The number of carbonyl (C=O) groups excluding carboxylic acids is 2. The van der Waals surface area contributed by atoms with Crippen molar-refractivity contribution < 1.29 is 18.0 Å². The molecular weight excluding hydrogens is 565 g/mol. The highest BCUT2D eigenvalue weighted by molar-refractivity contribution is 14.1. The molecule has 2 amide bonds. The van der Waals surface area contributed by atoms with Gasteiger partial charge in [-0.1, -0.05) is 30.7 Å². The third kappa shape index (κ3) is 7.35. The quantitative estimate of drug-likeness (QED) is 0.428. The highest BCUT2D eigenvalue weighted by atomic mass is 127. The molecule has 0 unspecified atom stereocenters. The molecule has 0 fully saturated rings. The number of anilines is 1. The molecule has 0 heterocycles. The molecule has 32 heavy (non-hydrogen) atoms. The Kier molecular flexibility index (Phi) is 9.78. The SMILES string of the molecule is CCNC(=O)[C@H](CC)N(Cc1ccc(Cl)cc1)C(=O)CN(c1ccc(I)cc1)S(C)(=O)=O. The predicted octanol–water partition coefficient (Wildman–Crippen LogP) is 3.65. The zero-order chi connectivity index (χ0) is 23.9. The summed E-state index contributed by atoms with van der Waals surface area (Å²) in [5, 5.41) is 3.32. The van der Waals surface area contributed by atoms with Gasteiger partial charge < -0.3 is 10.2 Å². The van der Waals surface area contributed by atoms with Crippen molar-refractivity contribution in [1.29, 1.82) is 0 Å². The van der Waals surface area contributed by atoms with Crippen LogP contribution in [0.4, 0.5) is 5.69 Å². The molecule has 7 nitrogen and oxygen atoms in total. The topological polar surface area (TPSA) is 86.8 Å². The molecule has 2 aromatic rings. The van der Waals surface area contributed by atoms with E-state index in [0.717, 1.165) is 19.7 Å². The highest BCUT2D eigenvalue weighted by Crippen LogP contribution is 2.21. The van der Waals surface area contributed by atoms with Crippen molar-refractivity contribution in [2.24, 2.45) is 0 Å². The van der Waals surface area contributed by atoms with Crippen LogP contribution in [0.5, 0.6) is 0 Å². The maximum atomic E-state index is 13.4. The molecule has 2 aromatic carbocycles. The first kappa shape index (κ1) is 26.4. The highest BCUT2D eigenvalue weighted by Gasteiger charge is 2.31. The first-order valence-electron chi connectivity index (χ1n) is 10.1. The van der Waals surface area contributed by atoms with Crippen LogP contribution in [0, 0.1) is 3.57 Å². The molecule has 0 spiro atoms. The van der Waals surface area contributed by atoms with Crippen LogP contribution in [0.15, 0.2) is 48.5 Å². The Morgan fingerprint density at radius 2 is 1.66 bits per heavy atom. The number of sulfonamides is 1. The van der Waals surface area contributed by atoms with Gasteiger partial charge >= 0.3 is 0 Å². The molecule has 0 saturated heterocycles. The van der Waals surface area contributed by atoms with Gasteiger partial charge in [-0.3, -0.25) is 13.9 Å². The number of amides is 2. The monoisotopic (exact) mass is 591 g/mol. The second kappa shape index (κ2) is 11.9. The number of hydrogen-bond donors (Lipinski definition) is 1. The average molecular weight is 592 g/mol. The Hall–Kier alpha value is -1.85. The molecular formula is C22H27ClIN3O4S. The maximum absolute atomic E-state index is 13.4. The summed E-state index contributed by atoms with van der Waals surface area (Å²) in [5.41, 5.74) is 1.17. The van der Waals surface area contributed by atoms with E-state index in [-0.39, 0.29) is 12.5 Å². The minimum atomic E-state index is -3.74. The van der Waals surface area contributed by atoms with Crippen molar-refractivity contribution >= 4 is 61.7 Å².